The molecule has 0 heterocycles. The average Bonchev–Trinajstić information content (AvgIpc) is 2.38. The van der Waals surface area contributed by atoms with E-state index in [9.17, 15) is 4.39 Å². The predicted octanol–water partition coefficient (Wildman–Crippen LogP) is 3.59. The van der Waals surface area contributed by atoms with E-state index in [1.165, 1.54) is 12.1 Å². The summed E-state index contributed by atoms with van der Waals surface area (Å²) in [6.45, 7) is 2.71. The van der Waals surface area contributed by atoms with Gasteiger partial charge in [0.05, 0.1) is 0 Å². The molecule has 0 saturated carbocycles. The third kappa shape index (κ3) is 3.48. The Morgan fingerprint density at radius 1 is 0.944 bits per heavy atom. The van der Waals surface area contributed by atoms with E-state index in [2.05, 4.69) is 0 Å². The SMILES string of the molecule is Cc1cc(F)ccc1OCCOc1ccccc1. The van der Waals surface area contributed by atoms with Crippen molar-refractivity contribution < 1.29 is 13.9 Å². The summed E-state index contributed by atoms with van der Waals surface area (Å²) in [5, 5.41) is 0. The molecule has 0 bridgehead atoms. The molecule has 0 aliphatic carbocycles. The molecule has 2 aromatic rings. The first kappa shape index (κ1) is 12.4. The lowest BCUT2D eigenvalue weighted by Crippen LogP contribution is -2.09. The first-order chi connectivity index (χ1) is 8.75. The molecule has 0 aromatic heterocycles. The Labute approximate surface area is 106 Å². The van der Waals surface area contributed by atoms with Crippen molar-refractivity contribution in [2.45, 2.75) is 6.92 Å². The summed E-state index contributed by atoms with van der Waals surface area (Å²) in [4.78, 5) is 0. The van der Waals surface area contributed by atoms with Gasteiger partial charge < -0.3 is 9.47 Å². The quantitative estimate of drug-likeness (QED) is 0.750. The van der Waals surface area contributed by atoms with E-state index in [0.29, 0.717) is 19.0 Å². The fourth-order valence-corrected chi connectivity index (χ4v) is 1.60. The molecule has 0 amide bonds. The van der Waals surface area contributed by atoms with Crippen LogP contribution in [0.5, 0.6) is 11.5 Å². The lowest BCUT2D eigenvalue weighted by Gasteiger charge is -2.10. The number of aryl methyl sites for hydroxylation is 1. The Bertz CT molecular complexity index is 497. The van der Waals surface area contributed by atoms with Gasteiger partial charge in [-0.15, -0.1) is 0 Å². The van der Waals surface area contributed by atoms with E-state index >= 15 is 0 Å². The second-order valence-electron chi connectivity index (χ2n) is 3.92. The maximum Gasteiger partial charge on any atom is 0.123 e. The van der Waals surface area contributed by atoms with Crippen LogP contribution in [0.1, 0.15) is 5.56 Å². The van der Waals surface area contributed by atoms with Crippen LogP contribution in [0.15, 0.2) is 48.5 Å². The van der Waals surface area contributed by atoms with Crippen molar-refractivity contribution in [3.05, 3.63) is 59.9 Å². The van der Waals surface area contributed by atoms with Crippen molar-refractivity contribution in [3.63, 3.8) is 0 Å². The molecule has 2 aromatic carbocycles. The molecule has 0 spiro atoms. The minimum absolute atomic E-state index is 0.250. The first-order valence-corrected chi connectivity index (χ1v) is 5.82. The molecule has 0 aliphatic heterocycles. The van der Waals surface area contributed by atoms with Gasteiger partial charge in [-0.3, -0.25) is 0 Å². The van der Waals surface area contributed by atoms with Crippen LogP contribution in [0.3, 0.4) is 0 Å². The molecule has 0 aliphatic rings. The summed E-state index contributed by atoms with van der Waals surface area (Å²) in [5.41, 5.74) is 0.787. The third-order valence-electron chi connectivity index (χ3n) is 2.49. The van der Waals surface area contributed by atoms with E-state index < -0.39 is 0 Å². The fraction of sp³-hybridized carbons (Fsp3) is 0.200. The van der Waals surface area contributed by atoms with Crippen LogP contribution in [0.25, 0.3) is 0 Å². The van der Waals surface area contributed by atoms with Crippen LogP contribution < -0.4 is 9.47 Å². The first-order valence-electron chi connectivity index (χ1n) is 5.82. The minimum atomic E-state index is -0.250. The maximum absolute atomic E-state index is 12.9. The second-order valence-corrected chi connectivity index (χ2v) is 3.92. The lowest BCUT2D eigenvalue weighted by atomic mass is 10.2. The van der Waals surface area contributed by atoms with Gasteiger partial charge in [-0.25, -0.2) is 4.39 Å². The van der Waals surface area contributed by atoms with Crippen LogP contribution in [-0.2, 0) is 0 Å². The van der Waals surface area contributed by atoms with Crippen molar-refractivity contribution in [1.82, 2.24) is 0 Å². The highest BCUT2D eigenvalue weighted by Gasteiger charge is 2.01. The highest BCUT2D eigenvalue weighted by molar-refractivity contribution is 5.32. The molecule has 0 saturated heterocycles. The van der Waals surface area contributed by atoms with Crippen molar-refractivity contribution in [2.24, 2.45) is 0 Å². The Kier molecular flexibility index (Phi) is 4.18. The van der Waals surface area contributed by atoms with Gasteiger partial charge in [0.2, 0.25) is 0 Å². The molecule has 0 N–H and O–H groups in total. The summed E-state index contributed by atoms with van der Waals surface area (Å²) in [6, 6.07) is 14.0. The van der Waals surface area contributed by atoms with Gasteiger partial charge in [-0.05, 0) is 42.8 Å². The van der Waals surface area contributed by atoms with Crippen LogP contribution in [-0.4, -0.2) is 13.2 Å². The number of hydrogen-bond acceptors (Lipinski definition) is 2. The largest absolute Gasteiger partial charge is 0.490 e. The van der Waals surface area contributed by atoms with Crippen LogP contribution in [0.4, 0.5) is 4.39 Å². The molecule has 0 atom stereocenters. The van der Waals surface area contributed by atoms with Gasteiger partial charge in [0.1, 0.15) is 30.5 Å². The summed E-state index contributed by atoms with van der Waals surface area (Å²) < 4.78 is 23.9. The highest BCUT2D eigenvalue weighted by Crippen LogP contribution is 2.18. The molecule has 2 nitrogen and oxygen atoms in total. The van der Waals surface area contributed by atoms with Crippen LogP contribution >= 0.6 is 0 Å². The van der Waals surface area contributed by atoms with E-state index in [1.54, 1.807) is 6.07 Å². The van der Waals surface area contributed by atoms with Gasteiger partial charge in [0, 0.05) is 0 Å². The molecule has 18 heavy (non-hydrogen) atoms. The molecule has 0 fully saturated rings. The zero-order valence-corrected chi connectivity index (χ0v) is 10.2. The highest BCUT2D eigenvalue weighted by atomic mass is 19.1. The monoisotopic (exact) mass is 246 g/mol. The normalized spacial score (nSPS) is 10.1. The van der Waals surface area contributed by atoms with Gasteiger partial charge >= 0.3 is 0 Å². The van der Waals surface area contributed by atoms with Crippen molar-refractivity contribution >= 4 is 0 Å². The number of hydrogen-bond donors (Lipinski definition) is 0. The van der Waals surface area contributed by atoms with Crippen molar-refractivity contribution in [1.29, 1.82) is 0 Å². The maximum atomic E-state index is 12.9. The molecular formula is C15H15FO2. The number of ether oxygens (including phenoxy) is 2. The number of rotatable bonds is 5. The van der Waals surface area contributed by atoms with Crippen molar-refractivity contribution in [3.8, 4) is 11.5 Å². The van der Waals surface area contributed by atoms with Gasteiger partial charge in [0.25, 0.3) is 0 Å². The third-order valence-corrected chi connectivity index (χ3v) is 2.49. The Morgan fingerprint density at radius 2 is 1.67 bits per heavy atom. The second kappa shape index (κ2) is 6.05. The minimum Gasteiger partial charge on any atom is -0.490 e. The topological polar surface area (TPSA) is 18.5 Å². The molecular weight excluding hydrogens is 231 g/mol. The molecule has 0 radical (unpaired) electrons. The van der Waals surface area contributed by atoms with Gasteiger partial charge in [0.15, 0.2) is 0 Å². The van der Waals surface area contributed by atoms with Crippen LogP contribution in [0, 0.1) is 12.7 Å². The molecule has 94 valence electrons. The number of halogens is 1. The number of para-hydroxylation sites is 1. The Morgan fingerprint density at radius 3 is 2.39 bits per heavy atom. The Hall–Kier alpha value is -2.03. The lowest BCUT2D eigenvalue weighted by molar-refractivity contribution is 0.216. The van der Waals surface area contributed by atoms with Crippen molar-refractivity contribution in [2.75, 3.05) is 13.2 Å². The molecule has 0 unspecified atom stereocenters. The summed E-state index contributed by atoms with van der Waals surface area (Å²) in [7, 11) is 0. The molecule has 2 rings (SSSR count). The van der Waals surface area contributed by atoms with Gasteiger partial charge in [-0.2, -0.15) is 0 Å². The zero-order chi connectivity index (χ0) is 12.8. The van der Waals surface area contributed by atoms with Gasteiger partial charge in [-0.1, -0.05) is 18.2 Å². The summed E-state index contributed by atoms with van der Waals surface area (Å²) in [5.74, 6) is 1.25. The average molecular weight is 246 g/mol. The molecule has 3 heteroatoms. The fourth-order valence-electron chi connectivity index (χ4n) is 1.60. The Balaban J connectivity index is 1.79. The smallest absolute Gasteiger partial charge is 0.123 e. The summed E-state index contributed by atoms with van der Waals surface area (Å²) >= 11 is 0. The van der Waals surface area contributed by atoms with E-state index in [1.807, 2.05) is 37.3 Å². The summed E-state index contributed by atoms with van der Waals surface area (Å²) in [6.07, 6.45) is 0. The standard InChI is InChI=1S/C15H15FO2/c1-12-11-13(16)7-8-15(12)18-10-9-17-14-5-3-2-4-6-14/h2-8,11H,9-10H2,1H3. The van der Waals surface area contributed by atoms with E-state index in [-0.39, 0.29) is 5.82 Å². The van der Waals surface area contributed by atoms with E-state index in [4.69, 9.17) is 9.47 Å². The predicted molar refractivity (Wildman–Crippen MR) is 68.6 cm³/mol. The van der Waals surface area contributed by atoms with E-state index in [0.717, 1.165) is 11.3 Å². The van der Waals surface area contributed by atoms with Crippen LogP contribution in [0.2, 0.25) is 0 Å². The zero-order valence-electron chi connectivity index (χ0n) is 10.2. The number of benzene rings is 2.